The minimum atomic E-state index is 0.590. The molecule has 0 aliphatic carbocycles. The lowest BCUT2D eigenvalue weighted by Gasteiger charge is -2.17. The molecule has 0 saturated heterocycles. The quantitative estimate of drug-likeness (QED) is 0.902. The van der Waals surface area contributed by atoms with E-state index in [9.17, 15) is 0 Å². The molecule has 0 aromatic heterocycles. The molecule has 0 spiro atoms. The Labute approximate surface area is 105 Å². The van der Waals surface area contributed by atoms with Gasteiger partial charge in [-0.3, -0.25) is 4.99 Å². The Morgan fingerprint density at radius 3 is 2.75 bits per heavy atom. The SMILES string of the molecule is NC1=NCCN1CCc1ccc(Cl)c(Cl)c1. The summed E-state index contributed by atoms with van der Waals surface area (Å²) in [6, 6.07) is 5.70. The molecule has 5 heteroatoms. The average Bonchev–Trinajstić information content (AvgIpc) is 2.66. The van der Waals surface area contributed by atoms with Crippen LogP contribution in [0.2, 0.25) is 10.0 Å². The van der Waals surface area contributed by atoms with E-state index in [1.807, 2.05) is 18.2 Å². The molecule has 0 bridgehead atoms. The molecule has 0 saturated carbocycles. The third-order valence-electron chi connectivity index (χ3n) is 2.62. The molecule has 1 aromatic rings. The largest absolute Gasteiger partial charge is 0.370 e. The highest BCUT2D eigenvalue weighted by Crippen LogP contribution is 2.22. The Morgan fingerprint density at radius 1 is 1.31 bits per heavy atom. The molecule has 1 aliphatic heterocycles. The summed E-state index contributed by atoms with van der Waals surface area (Å²) in [4.78, 5) is 6.21. The fourth-order valence-corrected chi connectivity index (χ4v) is 2.01. The van der Waals surface area contributed by atoms with E-state index in [0.717, 1.165) is 31.6 Å². The van der Waals surface area contributed by atoms with Gasteiger partial charge in [0.25, 0.3) is 0 Å². The molecule has 1 aromatic carbocycles. The standard InChI is InChI=1S/C11H13Cl2N3/c12-9-2-1-8(7-10(9)13)3-5-16-6-4-15-11(16)14/h1-2,7H,3-6H2,(H2,14,15). The number of halogens is 2. The van der Waals surface area contributed by atoms with Crippen LogP contribution in [0.15, 0.2) is 23.2 Å². The zero-order valence-corrected chi connectivity index (χ0v) is 10.3. The number of rotatable bonds is 3. The van der Waals surface area contributed by atoms with Gasteiger partial charge in [0, 0.05) is 13.1 Å². The van der Waals surface area contributed by atoms with E-state index in [1.54, 1.807) is 0 Å². The summed E-state index contributed by atoms with van der Waals surface area (Å²) in [5.74, 6) is 0.639. The fourth-order valence-electron chi connectivity index (χ4n) is 1.69. The van der Waals surface area contributed by atoms with Gasteiger partial charge in [-0.1, -0.05) is 29.3 Å². The Bertz CT molecular complexity index is 418. The average molecular weight is 258 g/mol. The van der Waals surface area contributed by atoms with Crippen LogP contribution >= 0.6 is 23.2 Å². The highest BCUT2D eigenvalue weighted by Gasteiger charge is 2.12. The highest BCUT2D eigenvalue weighted by atomic mass is 35.5. The minimum absolute atomic E-state index is 0.590. The van der Waals surface area contributed by atoms with Crippen LogP contribution in [-0.2, 0) is 6.42 Å². The van der Waals surface area contributed by atoms with E-state index < -0.39 is 0 Å². The maximum absolute atomic E-state index is 5.94. The normalized spacial score (nSPS) is 15.4. The third kappa shape index (κ3) is 2.60. The summed E-state index contributed by atoms with van der Waals surface area (Å²) in [6.07, 6.45) is 0.896. The van der Waals surface area contributed by atoms with Crippen LogP contribution in [-0.4, -0.2) is 30.5 Å². The van der Waals surface area contributed by atoms with Crippen molar-refractivity contribution in [3.63, 3.8) is 0 Å². The summed E-state index contributed by atoms with van der Waals surface area (Å²) in [7, 11) is 0. The van der Waals surface area contributed by atoms with Crippen molar-refractivity contribution in [1.82, 2.24) is 4.90 Å². The van der Waals surface area contributed by atoms with Gasteiger partial charge < -0.3 is 10.6 Å². The van der Waals surface area contributed by atoms with Crippen molar-refractivity contribution in [3.8, 4) is 0 Å². The second kappa shape index (κ2) is 4.93. The van der Waals surface area contributed by atoms with Crippen molar-refractivity contribution in [1.29, 1.82) is 0 Å². The van der Waals surface area contributed by atoms with E-state index in [0.29, 0.717) is 16.0 Å². The van der Waals surface area contributed by atoms with Crippen LogP contribution in [0.3, 0.4) is 0 Å². The number of nitrogens with two attached hydrogens (primary N) is 1. The van der Waals surface area contributed by atoms with Crippen molar-refractivity contribution in [2.24, 2.45) is 10.7 Å². The molecule has 0 unspecified atom stereocenters. The van der Waals surface area contributed by atoms with Gasteiger partial charge in [0.05, 0.1) is 16.6 Å². The Morgan fingerprint density at radius 2 is 2.12 bits per heavy atom. The maximum atomic E-state index is 5.94. The lowest BCUT2D eigenvalue weighted by Crippen LogP contribution is -2.35. The molecule has 86 valence electrons. The third-order valence-corrected chi connectivity index (χ3v) is 3.36. The van der Waals surface area contributed by atoms with Gasteiger partial charge >= 0.3 is 0 Å². The Hall–Kier alpha value is -0.930. The zero-order valence-electron chi connectivity index (χ0n) is 8.79. The smallest absolute Gasteiger partial charge is 0.191 e. The second-order valence-corrected chi connectivity index (χ2v) is 4.54. The van der Waals surface area contributed by atoms with E-state index >= 15 is 0 Å². The van der Waals surface area contributed by atoms with Crippen LogP contribution < -0.4 is 5.73 Å². The van der Waals surface area contributed by atoms with Gasteiger partial charge in [-0.05, 0) is 24.1 Å². The predicted molar refractivity (Wildman–Crippen MR) is 68.2 cm³/mol. The molecule has 3 nitrogen and oxygen atoms in total. The van der Waals surface area contributed by atoms with Crippen molar-refractivity contribution in [2.45, 2.75) is 6.42 Å². The van der Waals surface area contributed by atoms with Gasteiger partial charge in [-0.25, -0.2) is 0 Å². The monoisotopic (exact) mass is 257 g/mol. The van der Waals surface area contributed by atoms with E-state index in [4.69, 9.17) is 28.9 Å². The van der Waals surface area contributed by atoms with Gasteiger partial charge in [0.15, 0.2) is 5.96 Å². The molecule has 0 fully saturated rings. The van der Waals surface area contributed by atoms with Crippen molar-refractivity contribution < 1.29 is 0 Å². The van der Waals surface area contributed by atoms with Crippen LogP contribution in [0, 0.1) is 0 Å². The van der Waals surface area contributed by atoms with Gasteiger partial charge in [0.2, 0.25) is 0 Å². The summed E-state index contributed by atoms with van der Waals surface area (Å²) >= 11 is 11.8. The number of hydrogen-bond acceptors (Lipinski definition) is 3. The first-order valence-electron chi connectivity index (χ1n) is 5.15. The van der Waals surface area contributed by atoms with Crippen molar-refractivity contribution >= 4 is 29.2 Å². The topological polar surface area (TPSA) is 41.6 Å². The number of guanidine groups is 1. The summed E-state index contributed by atoms with van der Waals surface area (Å²) in [5.41, 5.74) is 6.89. The molecule has 16 heavy (non-hydrogen) atoms. The van der Waals surface area contributed by atoms with Gasteiger partial charge in [0.1, 0.15) is 0 Å². The lowest BCUT2D eigenvalue weighted by atomic mass is 10.1. The van der Waals surface area contributed by atoms with Gasteiger partial charge in [-0.2, -0.15) is 0 Å². The maximum Gasteiger partial charge on any atom is 0.191 e. The van der Waals surface area contributed by atoms with Crippen LogP contribution in [0.25, 0.3) is 0 Å². The molecule has 1 aliphatic rings. The molecule has 2 rings (SSSR count). The van der Waals surface area contributed by atoms with Crippen molar-refractivity contribution in [2.75, 3.05) is 19.6 Å². The Balaban J connectivity index is 1.94. The van der Waals surface area contributed by atoms with E-state index in [1.165, 1.54) is 0 Å². The van der Waals surface area contributed by atoms with E-state index in [-0.39, 0.29) is 0 Å². The number of hydrogen-bond donors (Lipinski definition) is 1. The predicted octanol–water partition coefficient (Wildman–Crippen LogP) is 2.17. The number of benzene rings is 1. The second-order valence-electron chi connectivity index (χ2n) is 3.73. The molecule has 0 amide bonds. The van der Waals surface area contributed by atoms with Crippen LogP contribution in [0.5, 0.6) is 0 Å². The first-order valence-corrected chi connectivity index (χ1v) is 5.91. The van der Waals surface area contributed by atoms with Gasteiger partial charge in [-0.15, -0.1) is 0 Å². The molecule has 1 heterocycles. The summed E-state index contributed by atoms with van der Waals surface area (Å²) in [6.45, 7) is 2.58. The van der Waals surface area contributed by atoms with E-state index in [2.05, 4.69) is 9.89 Å². The minimum Gasteiger partial charge on any atom is -0.370 e. The summed E-state index contributed by atoms with van der Waals surface area (Å²) < 4.78 is 0. The fraction of sp³-hybridized carbons (Fsp3) is 0.364. The molecular formula is C11H13Cl2N3. The summed E-state index contributed by atoms with van der Waals surface area (Å²) in [5, 5.41) is 1.19. The number of nitrogens with zero attached hydrogens (tertiary/aromatic N) is 2. The Kier molecular flexibility index (Phi) is 3.56. The zero-order chi connectivity index (χ0) is 11.5. The van der Waals surface area contributed by atoms with Crippen LogP contribution in [0.4, 0.5) is 0 Å². The van der Waals surface area contributed by atoms with Crippen LogP contribution in [0.1, 0.15) is 5.56 Å². The molecule has 2 N–H and O–H groups in total. The molecule has 0 radical (unpaired) electrons. The number of aliphatic imine (C=N–C) groups is 1. The van der Waals surface area contributed by atoms with Crippen molar-refractivity contribution in [3.05, 3.63) is 33.8 Å². The lowest BCUT2D eigenvalue weighted by molar-refractivity contribution is 0.457. The molecule has 0 atom stereocenters. The molecular weight excluding hydrogens is 245 g/mol. The first-order chi connectivity index (χ1) is 7.66. The highest BCUT2D eigenvalue weighted by molar-refractivity contribution is 6.42. The first kappa shape index (κ1) is 11.6.